The zero-order valence-corrected chi connectivity index (χ0v) is 18.1. The van der Waals surface area contributed by atoms with Crippen molar-refractivity contribution in [3.8, 4) is 0 Å². The molecule has 0 N–H and O–H groups in total. The quantitative estimate of drug-likeness (QED) is 0.762. The van der Waals surface area contributed by atoms with Crippen molar-refractivity contribution in [3.05, 3.63) is 42.5 Å². The summed E-state index contributed by atoms with van der Waals surface area (Å²) < 4.78 is 28.6. The molecule has 2 aromatic rings. The molecule has 0 unspecified atom stereocenters. The highest BCUT2D eigenvalue weighted by atomic mass is 32.2. The fourth-order valence-corrected chi connectivity index (χ4v) is 6.84. The van der Waals surface area contributed by atoms with Crippen LogP contribution in [0.3, 0.4) is 0 Å². The van der Waals surface area contributed by atoms with Crippen LogP contribution in [0.25, 0.3) is 10.8 Å². The van der Waals surface area contributed by atoms with Crippen LogP contribution in [0.1, 0.15) is 46.0 Å². The molecule has 156 valence electrons. The van der Waals surface area contributed by atoms with Gasteiger partial charge in [-0.3, -0.25) is 4.79 Å². The molecule has 1 aliphatic carbocycles. The Kier molecular flexibility index (Phi) is 5.67. The van der Waals surface area contributed by atoms with Crippen LogP contribution in [0, 0.1) is 5.92 Å². The Morgan fingerprint density at radius 2 is 1.52 bits per heavy atom. The highest BCUT2D eigenvalue weighted by molar-refractivity contribution is 7.89. The first-order chi connectivity index (χ1) is 13.9. The highest BCUT2D eigenvalue weighted by Gasteiger charge is 2.40. The first-order valence-electron chi connectivity index (χ1n) is 10.7. The number of hydrogen-bond donors (Lipinski definition) is 0. The lowest BCUT2D eigenvalue weighted by Gasteiger charge is -2.45. The molecule has 6 heteroatoms. The summed E-state index contributed by atoms with van der Waals surface area (Å²) in [6.45, 7) is 4.63. The number of benzene rings is 2. The summed E-state index contributed by atoms with van der Waals surface area (Å²) in [5.41, 5.74) is 0. The van der Waals surface area contributed by atoms with Crippen LogP contribution in [-0.2, 0) is 14.8 Å². The van der Waals surface area contributed by atoms with E-state index in [1.54, 1.807) is 16.4 Å². The smallest absolute Gasteiger partial charge is 0.243 e. The maximum absolute atomic E-state index is 13.5. The Bertz CT molecular complexity index is 981. The van der Waals surface area contributed by atoms with E-state index in [2.05, 4.69) is 0 Å². The van der Waals surface area contributed by atoms with Crippen molar-refractivity contribution in [2.24, 2.45) is 5.92 Å². The number of piperazine rings is 1. The van der Waals surface area contributed by atoms with Crippen LogP contribution in [0.5, 0.6) is 0 Å². The monoisotopic (exact) mass is 414 g/mol. The first-order valence-corrected chi connectivity index (χ1v) is 12.1. The standard InChI is InChI=1S/C23H30N2O3S/c1-17-15-24(16-18(2)25(17)23(26)20-10-4-3-5-11-20)29(27,28)22-14-8-12-19-9-6-7-13-21(19)22/h6-9,12-14,17-18,20H,3-5,10-11,15-16H2,1-2H3/t17-,18+. The summed E-state index contributed by atoms with van der Waals surface area (Å²) >= 11 is 0. The number of carbonyl (C=O) groups excluding carboxylic acids is 1. The number of sulfonamides is 1. The molecule has 0 bridgehead atoms. The van der Waals surface area contributed by atoms with E-state index in [1.165, 1.54) is 6.42 Å². The zero-order valence-electron chi connectivity index (χ0n) is 17.3. The molecule has 2 atom stereocenters. The van der Waals surface area contributed by atoms with Gasteiger partial charge in [-0.25, -0.2) is 8.42 Å². The van der Waals surface area contributed by atoms with Crippen LogP contribution in [0.4, 0.5) is 0 Å². The van der Waals surface area contributed by atoms with E-state index in [0.29, 0.717) is 18.0 Å². The van der Waals surface area contributed by atoms with Crippen LogP contribution < -0.4 is 0 Å². The Morgan fingerprint density at radius 1 is 0.897 bits per heavy atom. The Labute approximate surface area is 173 Å². The molecule has 2 fully saturated rings. The summed E-state index contributed by atoms with van der Waals surface area (Å²) in [6, 6.07) is 12.7. The molecule has 5 nitrogen and oxygen atoms in total. The van der Waals surface area contributed by atoms with Crippen LogP contribution >= 0.6 is 0 Å². The van der Waals surface area contributed by atoms with Crippen LogP contribution in [-0.4, -0.2) is 48.7 Å². The van der Waals surface area contributed by atoms with Crippen LogP contribution in [0.15, 0.2) is 47.4 Å². The van der Waals surface area contributed by atoms with Gasteiger partial charge in [-0.05, 0) is 38.1 Å². The van der Waals surface area contributed by atoms with Crippen molar-refractivity contribution in [1.82, 2.24) is 9.21 Å². The number of hydrogen-bond acceptors (Lipinski definition) is 3. The Morgan fingerprint density at radius 3 is 2.21 bits per heavy atom. The van der Waals surface area contributed by atoms with E-state index in [0.717, 1.165) is 36.5 Å². The molecule has 4 rings (SSSR count). The maximum atomic E-state index is 13.5. The molecule has 1 amide bonds. The van der Waals surface area contributed by atoms with E-state index in [-0.39, 0.29) is 23.9 Å². The fourth-order valence-electron chi connectivity index (χ4n) is 5.03. The molecule has 1 saturated heterocycles. The lowest BCUT2D eigenvalue weighted by atomic mass is 9.87. The minimum Gasteiger partial charge on any atom is -0.334 e. The summed E-state index contributed by atoms with van der Waals surface area (Å²) in [7, 11) is -3.63. The molecule has 1 aliphatic heterocycles. The van der Waals surface area contributed by atoms with Gasteiger partial charge in [0, 0.05) is 36.5 Å². The van der Waals surface area contributed by atoms with Crippen LogP contribution in [0.2, 0.25) is 0 Å². The van der Waals surface area contributed by atoms with E-state index in [4.69, 9.17) is 0 Å². The minimum atomic E-state index is -3.63. The summed E-state index contributed by atoms with van der Waals surface area (Å²) in [5, 5.41) is 1.66. The fraction of sp³-hybridized carbons (Fsp3) is 0.522. The molecule has 1 heterocycles. The number of nitrogens with zero attached hydrogens (tertiary/aromatic N) is 2. The van der Waals surface area contributed by atoms with Gasteiger partial charge in [-0.1, -0.05) is 55.7 Å². The number of amides is 1. The van der Waals surface area contributed by atoms with Crippen molar-refractivity contribution >= 4 is 26.7 Å². The van der Waals surface area contributed by atoms with Gasteiger partial charge < -0.3 is 4.90 Å². The van der Waals surface area contributed by atoms with E-state index in [1.807, 2.05) is 49.1 Å². The minimum absolute atomic E-state index is 0.106. The molecule has 0 aromatic heterocycles. The highest BCUT2D eigenvalue weighted by Crippen LogP contribution is 2.31. The van der Waals surface area contributed by atoms with Gasteiger partial charge in [0.05, 0.1) is 4.90 Å². The largest absolute Gasteiger partial charge is 0.334 e. The third-order valence-electron chi connectivity index (χ3n) is 6.46. The Balaban J connectivity index is 1.58. The summed E-state index contributed by atoms with van der Waals surface area (Å²) in [6.07, 6.45) is 5.38. The number of fused-ring (bicyclic) bond motifs is 1. The van der Waals surface area contributed by atoms with Crippen molar-refractivity contribution in [1.29, 1.82) is 0 Å². The molecule has 1 saturated carbocycles. The van der Waals surface area contributed by atoms with Crippen molar-refractivity contribution in [2.45, 2.75) is 62.9 Å². The van der Waals surface area contributed by atoms with E-state index in [9.17, 15) is 13.2 Å². The Hall–Kier alpha value is -1.92. The second kappa shape index (κ2) is 8.07. The summed E-state index contributed by atoms with van der Waals surface area (Å²) in [5.74, 6) is 0.321. The molecule has 2 aromatic carbocycles. The van der Waals surface area contributed by atoms with Gasteiger partial charge in [-0.2, -0.15) is 4.31 Å². The molecule has 0 spiro atoms. The topological polar surface area (TPSA) is 57.7 Å². The van der Waals surface area contributed by atoms with Crippen molar-refractivity contribution < 1.29 is 13.2 Å². The molecule has 0 radical (unpaired) electrons. The van der Waals surface area contributed by atoms with Gasteiger partial charge in [0.25, 0.3) is 0 Å². The lowest BCUT2D eigenvalue weighted by Crippen LogP contribution is -2.60. The molecule has 29 heavy (non-hydrogen) atoms. The van der Waals surface area contributed by atoms with Gasteiger partial charge in [0.1, 0.15) is 0 Å². The normalized spacial score (nSPS) is 24.7. The van der Waals surface area contributed by atoms with E-state index >= 15 is 0 Å². The predicted molar refractivity (Wildman–Crippen MR) is 115 cm³/mol. The first kappa shape index (κ1) is 20.4. The van der Waals surface area contributed by atoms with Crippen molar-refractivity contribution in [2.75, 3.05) is 13.1 Å². The van der Waals surface area contributed by atoms with Gasteiger partial charge >= 0.3 is 0 Å². The third kappa shape index (κ3) is 3.80. The average molecular weight is 415 g/mol. The number of carbonyl (C=O) groups is 1. The van der Waals surface area contributed by atoms with Crippen molar-refractivity contribution in [3.63, 3.8) is 0 Å². The molecule has 2 aliphatic rings. The SMILES string of the molecule is C[C@@H]1CN(S(=O)(=O)c2cccc3ccccc23)C[C@H](C)N1C(=O)C1CCCCC1. The summed E-state index contributed by atoms with van der Waals surface area (Å²) in [4.78, 5) is 15.4. The predicted octanol–water partition coefficient (Wildman–Crippen LogP) is 4.03. The second-order valence-electron chi connectivity index (χ2n) is 8.58. The lowest BCUT2D eigenvalue weighted by molar-refractivity contribution is -0.143. The third-order valence-corrected chi connectivity index (χ3v) is 8.35. The maximum Gasteiger partial charge on any atom is 0.243 e. The zero-order chi connectivity index (χ0) is 20.6. The molecular weight excluding hydrogens is 384 g/mol. The van der Waals surface area contributed by atoms with Gasteiger partial charge in [0.2, 0.25) is 15.9 Å². The van der Waals surface area contributed by atoms with Gasteiger partial charge in [-0.15, -0.1) is 0 Å². The second-order valence-corrected chi connectivity index (χ2v) is 10.5. The van der Waals surface area contributed by atoms with Gasteiger partial charge in [0.15, 0.2) is 0 Å². The van der Waals surface area contributed by atoms with E-state index < -0.39 is 10.0 Å². The number of rotatable bonds is 3. The molecular formula is C23H30N2O3S. The average Bonchev–Trinajstić information content (AvgIpc) is 2.73.